The molecule has 2 N–H and O–H groups in total. The highest BCUT2D eigenvalue weighted by molar-refractivity contribution is 9.10. The summed E-state index contributed by atoms with van der Waals surface area (Å²) in [5.41, 5.74) is 2.23. The average molecular weight is 464 g/mol. The van der Waals surface area contributed by atoms with Crippen molar-refractivity contribution in [3.63, 3.8) is 0 Å². The van der Waals surface area contributed by atoms with Crippen LogP contribution in [-0.4, -0.2) is 35.3 Å². The van der Waals surface area contributed by atoms with Gasteiger partial charge in [0, 0.05) is 4.47 Å². The van der Waals surface area contributed by atoms with Crippen molar-refractivity contribution >= 4 is 43.5 Å². The van der Waals surface area contributed by atoms with Crippen LogP contribution in [0, 0.1) is 6.92 Å². The van der Waals surface area contributed by atoms with E-state index in [4.69, 9.17) is 0 Å². The zero-order valence-corrected chi connectivity index (χ0v) is 17.6. The highest BCUT2D eigenvalue weighted by atomic mass is 79.9. The Morgan fingerprint density at radius 2 is 1.89 bits per heavy atom. The van der Waals surface area contributed by atoms with Crippen LogP contribution in [0.5, 0.6) is 0 Å². The maximum Gasteiger partial charge on any atom is 0.260 e. The maximum atomic E-state index is 12.6. The van der Waals surface area contributed by atoms with E-state index in [9.17, 15) is 13.2 Å². The summed E-state index contributed by atoms with van der Waals surface area (Å²) >= 11 is 3.39. The second-order valence-corrected chi connectivity index (χ2v) is 8.93. The van der Waals surface area contributed by atoms with Crippen LogP contribution in [0.2, 0.25) is 0 Å². The maximum absolute atomic E-state index is 12.6. The van der Waals surface area contributed by atoms with E-state index >= 15 is 0 Å². The highest BCUT2D eigenvalue weighted by Crippen LogP contribution is 2.20. The summed E-state index contributed by atoms with van der Waals surface area (Å²) in [5, 5.41) is 6.85. The minimum Gasteiger partial charge on any atom is -0.289 e. The monoisotopic (exact) mass is 463 g/mol. The molecular formula is C18H18BrN5O3S. The molecule has 0 aliphatic heterocycles. The van der Waals surface area contributed by atoms with Gasteiger partial charge in [0.1, 0.15) is 6.33 Å². The van der Waals surface area contributed by atoms with Gasteiger partial charge in [-0.25, -0.2) is 18.1 Å². The van der Waals surface area contributed by atoms with Crippen LogP contribution < -0.4 is 10.0 Å². The number of aryl methyl sites for hydroxylation is 1. The Morgan fingerprint density at radius 1 is 1.18 bits per heavy atom. The quantitative estimate of drug-likeness (QED) is 0.584. The summed E-state index contributed by atoms with van der Waals surface area (Å²) in [6.07, 6.45) is 2.55. The molecule has 8 nitrogen and oxygen atoms in total. The van der Waals surface area contributed by atoms with E-state index in [-0.39, 0.29) is 17.2 Å². The summed E-state index contributed by atoms with van der Waals surface area (Å²) in [5.74, 6) is -0.370. The molecule has 0 aliphatic rings. The predicted octanol–water partition coefficient (Wildman–Crippen LogP) is 3.02. The van der Waals surface area contributed by atoms with E-state index in [0.717, 1.165) is 21.9 Å². The third-order valence-electron chi connectivity index (χ3n) is 3.73. The molecule has 1 aromatic heterocycles. The molecule has 0 radical (unpaired) electrons. The SMILES string of the molecule is Cc1ccc(NS(C)(=O)=O)c(C(=O)Nc2ncn(Cc3ccc(Br)cc3)n2)c1. The molecule has 0 saturated heterocycles. The lowest BCUT2D eigenvalue weighted by Gasteiger charge is -2.11. The van der Waals surface area contributed by atoms with Crippen molar-refractivity contribution in [3.05, 3.63) is 70.0 Å². The molecule has 3 rings (SSSR count). The van der Waals surface area contributed by atoms with E-state index in [1.54, 1.807) is 22.9 Å². The Hall–Kier alpha value is -2.72. The number of nitrogens with zero attached hydrogens (tertiary/aromatic N) is 3. The van der Waals surface area contributed by atoms with Gasteiger partial charge in [0.15, 0.2) is 0 Å². The second kappa shape index (κ2) is 8.11. The molecule has 2 aromatic carbocycles. The molecule has 28 heavy (non-hydrogen) atoms. The first-order valence-corrected chi connectivity index (χ1v) is 10.9. The van der Waals surface area contributed by atoms with Gasteiger partial charge in [-0.3, -0.25) is 14.8 Å². The highest BCUT2D eigenvalue weighted by Gasteiger charge is 2.16. The van der Waals surface area contributed by atoms with Crippen molar-refractivity contribution in [2.45, 2.75) is 13.5 Å². The Morgan fingerprint density at radius 3 is 2.57 bits per heavy atom. The van der Waals surface area contributed by atoms with Crippen LogP contribution in [0.15, 0.2) is 53.3 Å². The average Bonchev–Trinajstić information content (AvgIpc) is 3.04. The van der Waals surface area contributed by atoms with E-state index in [0.29, 0.717) is 6.54 Å². The van der Waals surface area contributed by atoms with Gasteiger partial charge in [0.05, 0.1) is 24.1 Å². The lowest BCUT2D eigenvalue weighted by atomic mass is 10.1. The Bertz CT molecular complexity index is 1110. The number of halogens is 1. The predicted molar refractivity (Wildman–Crippen MR) is 111 cm³/mol. The topological polar surface area (TPSA) is 106 Å². The number of sulfonamides is 1. The summed E-state index contributed by atoms with van der Waals surface area (Å²) in [7, 11) is -3.52. The molecule has 0 bridgehead atoms. The van der Waals surface area contributed by atoms with Crippen LogP contribution >= 0.6 is 15.9 Å². The van der Waals surface area contributed by atoms with Crippen molar-refractivity contribution in [2.24, 2.45) is 0 Å². The van der Waals surface area contributed by atoms with Gasteiger partial charge in [-0.1, -0.05) is 39.7 Å². The Kier molecular flexibility index (Phi) is 5.80. The summed E-state index contributed by atoms with van der Waals surface area (Å²) in [6, 6.07) is 12.6. The Labute approximate surface area is 171 Å². The molecule has 10 heteroatoms. The minimum atomic E-state index is -3.52. The molecule has 3 aromatic rings. The zero-order chi connectivity index (χ0) is 20.3. The number of carbonyl (C=O) groups is 1. The van der Waals surface area contributed by atoms with E-state index < -0.39 is 15.9 Å². The third kappa shape index (κ3) is 5.40. The van der Waals surface area contributed by atoms with Crippen molar-refractivity contribution in [3.8, 4) is 0 Å². The van der Waals surface area contributed by atoms with Gasteiger partial charge in [-0.05, 0) is 36.8 Å². The van der Waals surface area contributed by atoms with Crippen LogP contribution in [0.3, 0.4) is 0 Å². The fraction of sp³-hybridized carbons (Fsp3) is 0.167. The normalized spacial score (nSPS) is 11.2. The van der Waals surface area contributed by atoms with Gasteiger partial charge >= 0.3 is 0 Å². The van der Waals surface area contributed by atoms with Gasteiger partial charge in [0.25, 0.3) is 5.91 Å². The van der Waals surface area contributed by atoms with Crippen LogP contribution in [0.4, 0.5) is 11.6 Å². The third-order valence-corrected chi connectivity index (χ3v) is 4.85. The molecule has 1 amide bonds. The first-order valence-electron chi connectivity index (χ1n) is 8.23. The first-order chi connectivity index (χ1) is 13.2. The number of carbonyl (C=O) groups excluding carboxylic acids is 1. The van der Waals surface area contributed by atoms with Crippen molar-refractivity contribution in [1.29, 1.82) is 0 Å². The molecule has 0 saturated carbocycles. The lowest BCUT2D eigenvalue weighted by Crippen LogP contribution is -2.18. The van der Waals surface area contributed by atoms with Crippen molar-refractivity contribution in [1.82, 2.24) is 14.8 Å². The Balaban J connectivity index is 1.76. The first kappa shape index (κ1) is 20.0. The minimum absolute atomic E-state index is 0.133. The standard InChI is InChI=1S/C18H18BrN5O3S/c1-12-3-8-16(23-28(2,26)27)15(9-12)17(25)21-18-20-11-24(22-18)10-13-4-6-14(19)7-5-13/h3-9,11,23H,10H2,1-2H3,(H,21,22,25). The van der Waals surface area contributed by atoms with Gasteiger partial charge in [-0.15, -0.1) is 5.10 Å². The largest absolute Gasteiger partial charge is 0.289 e. The van der Waals surface area contributed by atoms with Gasteiger partial charge in [0.2, 0.25) is 16.0 Å². The van der Waals surface area contributed by atoms with Crippen LogP contribution in [0.1, 0.15) is 21.5 Å². The lowest BCUT2D eigenvalue weighted by molar-refractivity contribution is 0.102. The number of rotatable bonds is 6. The molecule has 0 aliphatic carbocycles. The number of hydrogen-bond donors (Lipinski definition) is 2. The van der Waals surface area contributed by atoms with Crippen LogP contribution in [0.25, 0.3) is 0 Å². The van der Waals surface area contributed by atoms with Crippen molar-refractivity contribution in [2.75, 3.05) is 16.3 Å². The van der Waals surface area contributed by atoms with Crippen molar-refractivity contribution < 1.29 is 13.2 Å². The number of benzene rings is 2. The van der Waals surface area contributed by atoms with Gasteiger partial charge < -0.3 is 0 Å². The van der Waals surface area contributed by atoms with Crippen LogP contribution in [-0.2, 0) is 16.6 Å². The molecule has 1 heterocycles. The molecule has 0 unspecified atom stereocenters. The number of hydrogen-bond acceptors (Lipinski definition) is 5. The summed E-state index contributed by atoms with van der Waals surface area (Å²) in [6.45, 7) is 2.31. The number of amides is 1. The number of nitrogens with one attached hydrogen (secondary N) is 2. The number of aromatic nitrogens is 3. The van der Waals surface area contributed by atoms with E-state index in [1.165, 1.54) is 6.33 Å². The fourth-order valence-corrected chi connectivity index (χ4v) is 3.35. The molecular weight excluding hydrogens is 446 g/mol. The molecule has 0 spiro atoms. The summed E-state index contributed by atoms with van der Waals surface area (Å²) < 4.78 is 28.0. The molecule has 0 atom stereocenters. The second-order valence-electron chi connectivity index (χ2n) is 6.27. The molecule has 146 valence electrons. The van der Waals surface area contributed by atoms with Gasteiger partial charge in [-0.2, -0.15) is 0 Å². The smallest absolute Gasteiger partial charge is 0.260 e. The van der Waals surface area contributed by atoms with E-state index in [1.807, 2.05) is 31.2 Å². The summed E-state index contributed by atoms with van der Waals surface area (Å²) in [4.78, 5) is 16.7. The molecule has 0 fully saturated rings. The van der Waals surface area contributed by atoms with E-state index in [2.05, 4.69) is 36.1 Å². The fourth-order valence-electron chi connectivity index (χ4n) is 2.51. The number of anilines is 2. The zero-order valence-electron chi connectivity index (χ0n) is 15.2.